The van der Waals surface area contributed by atoms with Crippen molar-refractivity contribution in [1.29, 1.82) is 0 Å². The Balaban J connectivity index is 2.11. The van der Waals surface area contributed by atoms with Gasteiger partial charge in [0.05, 0.1) is 23.5 Å². The number of ether oxygens (including phenoxy) is 1. The fraction of sp³-hybridized carbons (Fsp3) is 0.333. The quantitative estimate of drug-likeness (QED) is 0.342. The predicted octanol–water partition coefficient (Wildman–Crippen LogP) is 0.667. The van der Waals surface area contributed by atoms with Crippen LogP contribution in [0.5, 0.6) is 0 Å². The van der Waals surface area contributed by atoms with Gasteiger partial charge in [-0.3, -0.25) is 0 Å². The average Bonchev–Trinajstić information content (AvgIpc) is 2.23. The molecule has 6 heteroatoms. The van der Waals surface area contributed by atoms with E-state index in [-0.39, 0.29) is 5.84 Å². The zero-order chi connectivity index (χ0) is 10.7. The third kappa shape index (κ3) is 2.40. The van der Waals surface area contributed by atoms with Crippen LogP contribution in [0.15, 0.2) is 28.5 Å². The zero-order valence-corrected chi connectivity index (χ0v) is 8.78. The Kier molecular flexibility index (Phi) is 3.08. The maximum Gasteiger partial charge on any atom is 0.170 e. The van der Waals surface area contributed by atoms with E-state index in [4.69, 9.17) is 15.7 Å². The minimum absolute atomic E-state index is 0.101. The van der Waals surface area contributed by atoms with Crippen molar-refractivity contribution in [3.05, 3.63) is 23.9 Å². The van der Waals surface area contributed by atoms with Crippen molar-refractivity contribution in [3.63, 3.8) is 0 Å². The van der Waals surface area contributed by atoms with Crippen molar-refractivity contribution >= 4 is 17.6 Å². The highest BCUT2D eigenvalue weighted by molar-refractivity contribution is 8.00. The van der Waals surface area contributed by atoms with Gasteiger partial charge < -0.3 is 15.7 Å². The van der Waals surface area contributed by atoms with E-state index < -0.39 is 0 Å². The highest BCUT2D eigenvalue weighted by Crippen LogP contribution is 2.26. The first-order valence-corrected chi connectivity index (χ1v) is 5.36. The van der Waals surface area contributed by atoms with Gasteiger partial charge in [-0.1, -0.05) is 16.9 Å². The number of thioether (sulfide) groups is 1. The minimum atomic E-state index is 0.101. The Morgan fingerprint density at radius 2 is 2.47 bits per heavy atom. The van der Waals surface area contributed by atoms with Gasteiger partial charge >= 0.3 is 0 Å². The summed E-state index contributed by atoms with van der Waals surface area (Å²) in [7, 11) is 0. The van der Waals surface area contributed by atoms with Crippen LogP contribution in [-0.2, 0) is 4.74 Å². The van der Waals surface area contributed by atoms with Gasteiger partial charge in [0.2, 0.25) is 0 Å². The molecule has 0 atom stereocenters. The van der Waals surface area contributed by atoms with Gasteiger partial charge in [0, 0.05) is 11.8 Å². The normalized spacial score (nSPS) is 17.5. The van der Waals surface area contributed by atoms with Crippen LogP contribution in [0.2, 0.25) is 0 Å². The van der Waals surface area contributed by atoms with E-state index in [1.54, 1.807) is 30.1 Å². The standard InChI is InChI=1S/C9H11N3O2S/c10-9(12-13)6-1-2-11-8(3-6)15-7-4-14-5-7/h1-3,7,13H,4-5H2,(H2,10,12). The van der Waals surface area contributed by atoms with Crippen LogP contribution in [0, 0.1) is 0 Å². The molecule has 1 saturated heterocycles. The lowest BCUT2D eigenvalue weighted by Crippen LogP contribution is -2.30. The number of rotatable bonds is 3. The summed E-state index contributed by atoms with van der Waals surface area (Å²) in [5.74, 6) is 0.101. The van der Waals surface area contributed by atoms with Crippen molar-refractivity contribution in [2.24, 2.45) is 10.9 Å². The molecule has 15 heavy (non-hydrogen) atoms. The van der Waals surface area contributed by atoms with Crippen molar-refractivity contribution in [2.75, 3.05) is 13.2 Å². The van der Waals surface area contributed by atoms with E-state index in [9.17, 15) is 0 Å². The number of nitrogens with zero attached hydrogens (tertiary/aromatic N) is 2. The van der Waals surface area contributed by atoms with Gasteiger partial charge in [-0.25, -0.2) is 4.98 Å². The fourth-order valence-corrected chi connectivity index (χ4v) is 2.13. The molecule has 0 radical (unpaired) electrons. The van der Waals surface area contributed by atoms with E-state index in [2.05, 4.69) is 10.1 Å². The molecule has 5 nitrogen and oxygen atoms in total. The molecular weight excluding hydrogens is 214 g/mol. The van der Waals surface area contributed by atoms with E-state index in [1.807, 2.05) is 0 Å². The molecule has 2 heterocycles. The Morgan fingerprint density at radius 3 is 3.07 bits per heavy atom. The van der Waals surface area contributed by atoms with Crippen molar-refractivity contribution in [3.8, 4) is 0 Å². The van der Waals surface area contributed by atoms with Gasteiger partial charge in [-0.15, -0.1) is 0 Å². The number of aromatic nitrogens is 1. The molecule has 0 amide bonds. The number of hydrogen-bond donors (Lipinski definition) is 2. The lowest BCUT2D eigenvalue weighted by Gasteiger charge is -2.24. The van der Waals surface area contributed by atoms with Gasteiger partial charge in [0.15, 0.2) is 5.84 Å². The second-order valence-corrected chi connectivity index (χ2v) is 4.47. The fourth-order valence-electron chi connectivity index (χ4n) is 1.14. The van der Waals surface area contributed by atoms with Crippen LogP contribution in [-0.4, -0.2) is 34.5 Å². The van der Waals surface area contributed by atoms with Crippen molar-refractivity contribution in [1.82, 2.24) is 4.98 Å². The molecule has 80 valence electrons. The summed E-state index contributed by atoms with van der Waals surface area (Å²) in [5.41, 5.74) is 6.15. The molecule has 1 aromatic rings. The number of pyridine rings is 1. The average molecular weight is 225 g/mol. The molecule has 0 spiro atoms. The minimum Gasteiger partial charge on any atom is -0.409 e. The lowest BCUT2D eigenvalue weighted by molar-refractivity contribution is 0.0454. The van der Waals surface area contributed by atoms with Crippen LogP contribution in [0.3, 0.4) is 0 Å². The van der Waals surface area contributed by atoms with Gasteiger partial charge in [-0.05, 0) is 12.1 Å². The predicted molar refractivity (Wildman–Crippen MR) is 57.2 cm³/mol. The topological polar surface area (TPSA) is 80.7 Å². The third-order valence-corrected chi connectivity index (χ3v) is 3.10. The first-order valence-electron chi connectivity index (χ1n) is 4.48. The van der Waals surface area contributed by atoms with Gasteiger partial charge in [0.25, 0.3) is 0 Å². The van der Waals surface area contributed by atoms with Crippen LogP contribution >= 0.6 is 11.8 Å². The molecule has 0 aliphatic carbocycles. The molecule has 1 aromatic heterocycles. The highest BCUT2D eigenvalue weighted by atomic mass is 32.2. The number of hydrogen-bond acceptors (Lipinski definition) is 5. The zero-order valence-electron chi connectivity index (χ0n) is 7.96. The Labute approximate surface area is 91.3 Å². The molecule has 0 aromatic carbocycles. The summed E-state index contributed by atoms with van der Waals surface area (Å²) in [6.45, 7) is 1.53. The molecular formula is C9H11N3O2S. The van der Waals surface area contributed by atoms with Gasteiger partial charge in [0.1, 0.15) is 0 Å². The lowest BCUT2D eigenvalue weighted by atomic mass is 10.2. The Morgan fingerprint density at radius 1 is 1.67 bits per heavy atom. The van der Waals surface area contributed by atoms with Crippen molar-refractivity contribution in [2.45, 2.75) is 10.3 Å². The maximum absolute atomic E-state index is 8.53. The van der Waals surface area contributed by atoms with Crippen LogP contribution < -0.4 is 5.73 Å². The smallest absolute Gasteiger partial charge is 0.170 e. The summed E-state index contributed by atoms with van der Waals surface area (Å²) in [6.07, 6.45) is 1.65. The Hall–Kier alpha value is -1.27. The monoisotopic (exact) mass is 225 g/mol. The summed E-state index contributed by atoms with van der Waals surface area (Å²) in [6, 6.07) is 3.51. The summed E-state index contributed by atoms with van der Waals surface area (Å²) in [4.78, 5) is 4.19. The largest absolute Gasteiger partial charge is 0.409 e. The highest BCUT2D eigenvalue weighted by Gasteiger charge is 2.20. The Bertz CT molecular complexity index is 379. The first kappa shape index (κ1) is 10.3. The number of amidine groups is 1. The summed E-state index contributed by atoms with van der Waals surface area (Å²) < 4.78 is 5.07. The second kappa shape index (κ2) is 4.50. The molecule has 0 saturated carbocycles. The molecule has 3 N–H and O–H groups in total. The van der Waals surface area contributed by atoms with Crippen molar-refractivity contribution < 1.29 is 9.94 Å². The van der Waals surface area contributed by atoms with Crippen LogP contribution in [0.4, 0.5) is 0 Å². The first-order chi connectivity index (χ1) is 7.29. The molecule has 2 rings (SSSR count). The molecule has 0 bridgehead atoms. The SMILES string of the molecule is NC(=NO)c1ccnc(SC2COC2)c1. The van der Waals surface area contributed by atoms with E-state index in [0.29, 0.717) is 10.8 Å². The molecule has 0 unspecified atom stereocenters. The summed E-state index contributed by atoms with van der Waals surface area (Å²) >= 11 is 1.64. The number of oxime groups is 1. The van der Waals surface area contributed by atoms with Crippen LogP contribution in [0.1, 0.15) is 5.56 Å². The number of nitrogens with two attached hydrogens (primary N) is 1. The van der Waals surface area contributed by atoms with E-state index in [1.165, 1.54) is 0 Å². The maximum atomic E-state index is 8.53. The van der Waals surface area contributed by atoms with E-state index >= 15 is 0 Å². The van der Waals surface area contributed by atoms with E-state index in [0.717, 1.165) is 18.2 Å². The molecule has 1 aliphatic rings. The van der Waals surface area contributed by atoms with Gasteiger partial charge in [-0.2, -0.15) is 0 Å². The molecule has 1 aliphatic heterocycles. The molecule has 1 fully saturated rings. The summed E-state index contributed by atoms with van der Waals surface area (Å²) in [5, 5.41) is 12.8. The van der Waals surface area contributed by atoms with Crippen LogP contribution in [0.25, 0.3) is 0 Å². The third-order valence-electron chi connectivity index (χ3n) is 2.03. The second-order valence-electron chi connectivity index (χ2n) is 3.15.